The Balaban J connectivity index is 1.82. The Hall–Kier alpha value is -2.63. The van der Waals surface area contributed by atoms with Crippen molar-refractivity contribution in [1.29, 1.82) is 0 Å². The first-order valence-electron chi connectivity index (χ1n) is 6.20. The second-order valence-electron chi connectivity index (χ2n) is 4.40. The third-order valence-corrected chi connectivity index (χ3v) is 3.04. The average Bonchev–Trinajstić information content (AvgIpc) is 2.46. The second-order valence-corrected chi connectivity index (χ2v) is 4.40. The van der Waals surface area contributed by atoms with Crippen molar-refractivity contribution in [3.05, 3.63) is 59.6 Å². The first kappa shape index (κ1) is 12.4. The third-order valence-electron chi connectivity index (χ3n) is 3.04. The van der Waals surface area contributed by atoms with Crippen molar-refractivity contribution in [3.63, 3.8) is 0 Å². The van der Waals surface area contributed by atoms with Crippen molar-refractivity contribution in [2.45, 2.75) is 6.54 Å². The lowest BCUT2D eigenvalue weighted by molar-refractivity contribution is 0.406. The van der Waals surface area contributed by atoms with Crippen molar-refractivity contribution in [2.24, 2.45) is 0 Å². The van der Waals surface area contributed by atoms with E-state index in [4.69, 9.17) is 0 Å². The number of aromatic nitrogens is 2. The van der Waals surface area contributed by atoms with Crippen molar-refractivity contribution >= 4 is 11.0 Å². The Labute approximate surface area is 114 Å². The van der Waals surface area contributed by atoms with Gasteiger partial charge >= 0.3 is 0 Å². The molecule has 1 aromatic heterocycles. The second kappa shape index (κ2) is 5.16. The molecule has 0 saturated heterocycles. The number of nitrogens with zero attached hydrogens (tertiary/aromatic N) is 2. The number of hydrogen-bond acceptors (Lipinski definition) is 5. The molecule has 0 fully saturated rings. The molecule has 3 rings (SSSR count). The zero-order chi connectivity index (χ0) is 13.9. The lowest BCUT2D eigenvalue weighted by Gasteiger charge is -2.15. The molecule has 0 radical (unpaired) electrons. The maximum Gasteiger partial charge on any atom is 0.137 e. The Morgan fingerprint density at radius 2 is 2.00 bits per heavy atom. The molecule has 0 saturated carbocycles. The van der Waals surface area contributed by atoms with E-state index in [1.54, 1.807) is 24.5 Å². The van der Waals surface area contributed by atoms with Gasteiger partial charge in [0.25, 0.3) is 0 Å². The van der Waals surface area contributed by atoms with Gasteiger partial charge in [0.15, 0.2) is 0 Å². The van der Waals surface area contributed by atoms with Crippen LogP contribution < -0.4 is 10.6 Å². The Bertz CT molecular complexity index is 711. The molecule has 1 aromatic carbocycles. The maximum absolute atomic E-state index is 14.0. The van der Waals surface area contributed by atoms with Crippen molar-refractivity contribution in [1.82, 2.24) is 20.6 Å². The molecule has 6 heteroatoms. The number of aliphatic hydroxyl groups excluding tert-OH is 1. The van der Waals surface area contributed by atoms with Crippen molar-refractivity contribution < 1.29 is 9.50 Å². The number of fused-ring (bicyclic) bond motifs is 1. The standard InChI is InChI=1S/C14H13FN4O/c15-10-6-12-11(17-3-4-18-12)5-9(10)7-19-13-8-16-2-1-14(13)20/h1,3-6,8,16,19-20H,2,7H2. The van der Waals surface area contributed by atoms with Gasteiger partial charge in [-0.05, 0) is 12.1 Å². The third kappa shape index (κ3) is 2.40. The minimum atomic E-state index is -0.349. The molecule has 3 N–H and O–H groups in total. The minimum absolute atomic E-state index is 0.157. The summed E-state index contributed by atoms with van der Waals surface area (Å²) in [6.45, 7) is 0.834. The number of hydrogen-bond donors (Lipinski definition) is 3. The summed E-state index contributed by atoms with van der Waals surface area (Å²) in [6.07, 6.45) is 6.40. The van der Waals surface area contributed by atoms with Gasteiger partial charge in [-0.2, -0.15) is 0 Å². The van der Waals surface area contributed by atoms with E-state index in [9.17, 15) is 9.50 Å². The number of aliphatic hydroxyl groups is 1. The Morgan fingerprint density at radius 1 is 1.25 bits per heavy atom. The molecule has 0 unspecified atom stereocenters. The topological polar surface area (TPSA) is 70.1 Å². The molecule has 1 aliphatic rings. The van der Waals surface area contributed by atoms with E-state index in [1.807, 2.05) is 0 Å². The van der Waals surface area contributed by atoms with E-state index >= 15 is 0 Å². The molecule has 0 amide bonds. The summed E-state index contributed by atoms with van der Waals surface area (Å²) < 4.78 is 14.0. The monoisotopic (exact) mass is 272 g/mol. The fourth-order valence-corrected chi connectivity index (χ4v) is 2.00. The predicted molar refractivity (Wildman–Crippen MR) is 73.1 cm³/mol. The zero-order valence-electron chi connectivity index (χ0n) is 10.6. The van der Waals surface area contributed by atoms with Gasteiger partial charge in [-0.3, -0.25) is 9.97 Å². The molecule has 0 aliphatic carbocycles. The van der Waals surface area contributed by atoms with E-state index in [2.05, 4.69) is 20.6 Å². The fourth-order valence-electron chi connectivity index (χ4n) is 2.00. The molecule has 5 nitrogen and oxygen atoms in total. The van der Waals surface area contributed by atoms with Crippen LogP contribution in [0.5, 0.6) is 0 Å². The van der Waals surface area contributed by atoms with Crippen LogP contribution in [0.1, 0.15) is 5.56 Å². The summed E-state index contributed by atoms with van der Waals surface area (Å²) in [6, 6.07) is 3.02. The molecule has 0 bridgehead atoms. The van der Waals surface area contributed by atoms with Gasteiger partial charge in [0.05, 0.1) is 16.7 Å². The molecule has 0 spiro atoms. The van der Waals surface area contributed by atoms with Crippen LogP contribution in [-0.2, 0) is 6.54 Å². The largest absolute Gasteiger partial charge is 0.506 e. The summed E-state index contributed by atoms with van der Waals surface area (Å²) in [4.78, 5) is 8.20. The molecule has 102 valence electrons. The molecule has 20 heavy (non-hydrogen) atoms. The molecule has 0 atom stereocenters. The van der Waals surface area contributed by atoms with Gasteiger partial charge in [0.2, 0.25) is 0 Å². The van der Waals surface area contributed by atoms with Crippen LogP contribution in [0.4, 0.5) is 4.39 Å². The Kier molecular flexibility index (Phi) is 3.20. The van der Waals surface area contributed by atoms with E-state index in [0.717, 1.165) is 0 Å². The predicted octanol–water partition coefficient (Wildman–Crippen LogP) is 1.75. The van der Waals surface area contributed by atoms with Crippen LogP contribution in [-0.4, -0.2) is 21.6 Å². The lowest BCUT2D eigenvalue weighted by Crippen LogP contribution is -2.22. The maximum atomic E-state index is 14.0. The molecule has 2 heterocycles. The van der Waals surface area contributed by atoms with Crippen LogP contribution in [0.15, 0.2) is 48.3 Å². The van der Waals surface area contributed by atoms with Crippen LogP contribution in [0.3, 0.4) is 0 Å². The SMILES string of the molecule is OC1=CCNC=C1NCc1cc2nccnc2cc1F. The molecule has 2 aromatic rings. The van der Waals surface area contributed by atoms with Gasteiger partial charge in [-0.15, -0.1) is 0 Å². The van der Waals surface area contributed by atoms with Crippen molar-refractivity contribution in [2.75, 3.05) is 6.54 Å². The van der Waals surface area contributed by atoms with Gasteiger partial charge in [-0.1, -0.05) is 0 Å². The summed E-state index contributed by atoms with van der Waals surface area (Å²) >= 11 is 0. The first-order valence-corrected chi connectivity index (χ1v) is 6.20. The number of nitrogens with one attached hydrogen (secondary N) is 2. The minimum Gasteiger partial charge on any atom is -0.506 e. The summed E-state index contributed by atoms with van der Waals surface area (Å²) in [7, 11) is 0. The number of halogens is 1. The highest BCUT2D eigenvalue weighted by Gasteiger charge is 2.10. The van der Waals surface area contributed by atoms with E-state index in [-0.39, 0.29) is 18.1 Å². The van der Waals surface area contributed by atoms with Crippen LogP contribution in [0.2, 0.25) is 0 Å². The highest BCUT2D eigenvalue weighted by atomic mass is 19.1. The van der Waals surface area contributed by atoms with Gasteiger partial charge in [-0.25, -0.2) is 4.39 Å². The molecular formula is C14H13FN4O. The summed E-state index contributed by atoms with van der Waals surface area (Å²) in [5.74, 6) is -0.192. The average molecular weight is 272 g/mol. The van der Waals surface area contributed by atoms with Gasteiger partial charge in [0, 0.05) is 43.3 Å². The molecular weight excluding hydrogens is 259 g/mol. The zero-order valence-corrected chi connectivity index (χ0v) is 10.6. The van der Waals surface area contributed by atoms with Crippen LogP contribution in [0, 0.1) is 5.82 Å². The summed E-state index contributed by atoms with van der Waals surface area (Å²) in [5.41, 5.74) is 2.17. The van der Waals surface area contributed by atoms with Gasteiger partial charge in [0.1, 0.15) is 11.6 Å². The number of dihydropyridines is 1. The number of benzene rings is 1. The van der Waals surface area contributed by atoms with Crippen LogP contribution in [0.25, 0.3) is 11.0 Å². The highest BCUT2D eigenvalue weighted by molar-refractivity contribution is 5.74. The van der Waals surface area contributed by atoms with E-state index in [1.165, 1.54) is 12.3 Å². The van der Waals surface area contributed by atoms with Crippen LogP contribution >= 0.6 is 0 Å². The van der Waals surface area contributed by atoms with E-state index in [0.29, 0.717) is 28.8 Å². The first-order chi connectivity index (χ1) is 9.74. The summed E-state index contributed by atoms with van der Waals surface area (Å²) in [5, 5.41) is 15.6. The smallest absolute Gasteiger partial charge is 0.137 e. The lowest BCUT2D eigenvalue weighted by atomic mass is 10.1. The van der Waals surface area contributed by atoms with Gasteiger partial charge < -0.3 is 15.7 Å². The number of rotatable bonds is 3. The molecule has 1 aliphatic heterocycles. The fraction of sp³-hybridized carbons (Fsp3) is 0.143. The quantitative estimate of drug-likeness (QED) is 0.794. The van der Waals surface area contributed by atoms with Crippen molar-refractivity contribution in [3.8, 4) is 0 Å². The van der Waals surface area contributed by atoms with E-state index < -0.39 is 0 Å². The normalized spacial score (nSPS) is 14.4. The Morgan fingerprint density at radius 3 is 2.75 bits per heavy atom. The highest BCUT2D eigenvalue weighted by Crippen LogP contribution is 2.16.